The molecule has 2 N–H and O–H groups in total. The molecular weight excluding hydrogens is 218 g/mol. The van der Waals surface area contributed by atoms with Crippen LogP contribution in [0.4, 0.5) is 0 Å². The number of hydrogen-bond donors (Lipinski definition) is 1. The Hall–Kier alpha value is -0.450. The molecule has 0 aromatic carbocycles. The normalized spacial score (nSPS) is 24.6. The van der Waals surface area contributed by atoms with Gasteiger partial charge < -0.3 is 10.6 Å². The van der Waals surface area contributed by atoms with E-state index in [9.17, 15) is 0 Å². The maximum Gasteiger partial charge on any atom is 0.0943 e. The summed E-state index contributed by atoms with van der Waals surface area (Å²) in [5, 5.41) is 3.42. The Bertz CT molecular complexity index is 335. The van der Waals surface area contributed by atoms with Crippen LogP contribution in [0.3, 0.4) is 0 Å². The van der Waals surface area contributed by atoms with E-state index in [1.165, 1.54) is 30.1 Å². The van der Waals surface area contributed by atoms with Crippen molar-refractivity contribution in [3.63, 3.8) is 0 Å². The van der Waals surface area contributed by atoms with Gasteiger partial charge in [-0.3, -0.25) is 0 Å². The number of thiazole rings is 1. The molecule has 0 aliphatic carbocycles. The molecule has 0 bridgehead atoms. The summed E-state index contributed by atoms with van der Waals surface area (Å²) < 4.78 is 0. The van der Waals surface area contributed by atoms with Gasteiger partial charge in [-0.05, 0) is 33.4 Å². The predicted molar refractivity (Wildman–Crippen MR) is 68.9 cm³/mol. The third kappa shape index (κ3) is 3.03. The molecule has 16 heavy (non-hydrogen) atoms. The van der Waals surface area contributed by atoms with E-state index >= 15 is 0 Å². The molecule has 0 spiro atoms. The topological polar surface area (TPSA) is 42.1 Å². The summed E-state index contributed by atoms with van der Waals surface area (Å²) >= 11 is 1.76. The van der Waals surface area contributed by atoms with Crippen molar-refractivity contribution in [3.05, 3.63) is 16.1 Å². The first kappa shape index (κ1) is 12.0. The summed E-state index contributed by atoms with van der Waals surface area (Å²) in [5.74, 6) is 0.636. The van der Waals surface area contributed by atoms with E-state index in [0.29, 0.717) is 5.92 Å². The molecule has 0 amide bonds. The molecule has 1 fully saturated rings. The number of nitrogens with zero attached hydrogens (tertiary/aromatic N) is 2. The molecule has 1 aromatic heterocycles. The van der Waals surface area contributed by atoms with Crippen molar-refractivity contribution in [2.45, 2.75) is 38.1 Å². The van der Waals surface area contributed by atoms with Crippen molar-refractivity contribution in [2.75, 3.05) is 20.1 Å². The maximum absolute atomic E-state index is 5.79. The maximum atomic E-state index is 5.79. The standard InChI is InChI=1S/C12H21N3S/c1-9(13)6-12-14-11(8-16-12)10-4-3-5-15(2)7-10/h8-10H,3-7,13H2,1-2H3. The summed E-state index contributed by atoms with van der Waals surface area (Å²) in [6, 6.07) is 0.216. The van der Waals surface area contributed by atoms with Crippen molar-refractivity contribution < 1.29 is 0 Å². The lowest BCUT2D eigenvalue weighted by Gasteiger charge is -2.28. The second-order valence-electron chi connectivity index (χ2n) is 4.95. The predicted octanol–water partition coefficient (Wildman–Crippen LogP) is 1.84. The molecule has 1 aliphatic heterocycles. The lowest BCUT2D eigenvalue weighted by Crippen LogP contribution is -2.31. The van der Waals surface area contributed by atoms with Crippen LogP contribution in [0.5, 0.6) is 0 Å². The van der Waals surface area contributed by atoms with E-state index in [2.05, 4.69) is 17.3 Å². The van der Waals surface area contributed by atoms with Crippen LogP contribution in [-0.2, 0) is 6.42 Å². The monoisotopic (exact) mass is 239 g/mol. The van der Waals surface area contributed by atoms with Gasteiger partial charge in [0, 0.05) is 30.3 Å². The van der Waals surface area contributed by atoms with Crippen LogP contribution in [0.25, 0.3) is 0 Å². The quantitative estimate of drug-likeness (QED) is 0.875. The molecule has 0 radical (unpaired) electrons. The molecule has 1 aliphatic rings. The Morgan fingerprint density at radius 2 is 2.50 bits per heavy atom. The highest BCUT2D eigenvalue weighted by atomic mass is 32.1. The Morgan fingerprint density at radius 1 is 1.69 bits per heavy atom. The van der Waals surface area contributed by atoms with Crippen molar-refractivity contribution in [2.24, 2.45) is 5.73 Å². The fourth-order valence-corrected chi connectivity index (χ4v) is 3.31. The molecule has 0 saturated carbocycles. The average molecular weight is 239 g/mol. The first-order chi connectivity index (χ1) is 7.65. The lowest BCUT2D eigenvalue weighted by atomic mass is 9.96. The smallest absolute Gasteiger partial charge is 0.0943 e. The van der Waals surface area contributed by atoms with Gasteiger partial charge in [-0.2, -0.15) is 0 Å². The van der Waals surface area contributed by atoms with Gasteiger partial charge >= 0.3 is 0 Å². The van der Waals surface area contributed by atoms with E-state index in [-0.39, 0.29) is 6.04 Å². The molecular formula is C12H21N3S. The SMILES string of the molecule is CC(N)Cc1nc(C2CCCN(C)C2)cs1. The molecule has 4 heteroatoms. The zero-order chi connectivity index (χ0) is 11.5. The largest absolute Gasteiger partial charge is 0.328 e. The molecule has 2 unspecified atom stereocenters. The van der Waals surface area contributed by atoms with Gasteiger partial charge in [0.05, 0.1) is 10.7 Å². The fraction of sp³-hybridized carbons (Fsp3) is 0.750. The van der Waals surface area contributed by atoms with E-state index in [1.807, 2.05) is 6.92 Å². The molecule has 2 rings (SSSR count). The average Bonchev–Trinajstić information content (AvgIpc) is 2.65. The number of likely N-dealkylation sites (N-methyl/N-ethyl adjacent to an activating group) is 1. The minimum atomic E-state index is 0.216. The molecule has 1 aromatic rings. The zero-order valence-corrected chi connectivity index (χ0v) is 11.0. The van der Waals surface area contributed by atoms with Gasteiger partial charge in [-0.15, -0.1) is 11.3 Å². The minimum Gasteiger partial charge on any atom is -0.328 e. The second-order valence-corrected chi connectivity index (χ2v) is 5.89. The van der Waals surface area contributed by atoms with Crippen LogP contribution in [0.1, 0.15) is 36.4 Å². The fourth-order valence-electron chi connectivity index (χ4n) is 2.29. The van der Waals surface area contributed by atoms with Gasteiger partial charge in [0.1, 0.15) is 0 Å². The van der Waals surface area contributed by atoms with Gasteiger partial charge in [0.25, 0.3) is 0 Å². The first-order valence-electron chi connectivity index (χ1n) is 6.03. The van der Waals surface area contributed by atoms with Gasteiger partial charge in [-0.1, -0.05) is 0 Å². The third-order valence-corrected chi connectivity index (χ3v) is 4.00. The number of aromatic nitrogens is 1. The highest BCUT2D eigenvalue weighted by Gasteiger charge is 2.21. The summed E-state index contributed by atoms with van der Waals surface area (Å²) in [4.78, 5) is 7.12. The van der Waals surface area contributed by atoms with Crippen LogP contribution < -0.4 is 5.73 Å². The number of rotatable bonds is 3. The number of hydrogen-bond acceptors (Lipinski definition) is 4. The Labute approximate surface area is 102 Å². The van der Waals surface area contributed by atoms with Crippen LogP contribution in [0.15, 0.2) is 5.38 Å². The molecule has 3 nitrogen and oxygen atoms in total. The summed E-state index contributed by atoms with van der Waals surface area (Å²) in [6.45, 7) is 4.42. The van der Waals surface area contributed by atoms with Crippen molar-refractivity contribution in [1.29, 1.82) is 0 Å². The number of likely N-dealkylation sites (tertiary alicyclic amines) is 1. The second kappa shape index (κ2) is 5.25. The van der Waals surface area contributed by atoms with Gasteiger partial charge in [-0.25, -0.2) is 4.98 Å². The van der Waals surface area contributed by atoms with E-state index in [1.54, 1.807) is 11.3 Å². The van der Waals surface area contributed by atoms with Crippen molar-refractivity contribution in [1.82, 2.24) is 9.88 Å². The molecule has 2 heterocycles. The highest BCUT2D eigenvalue weighted by molar-refractivity contribution is 7.09. The number of piperidine rings is 1. The van der Waals surface area contributed by atoms with E-state index in [0.717, 1.165) is 13.0 Å². The third-order valence-electron chi connectivity index (χ3n) is 3.11. The number of nitrogens with two attached hydrogens (primary N) is 1. The van der Waals surface area contributed by atoms with Crippen molar-refractivity contribution >= 4 is 11.3 Å². The summed E-state index contributed by atoms with van der Waals surface area (Å²) in [7, 11) is 2.20. The molecule has 2 atom stereocenters. The first-order valence-corrected chi connectivity index (χ1v) is 6.91. The van der Waals surface area contributed by atoms with Gasteiger partial charge in [0.15, 0.2) is 0 Å². The van der Waals surface area contributed by atoms with Gasteiger partial charge in [0.2, 0.25) is 0 Å². The summed E-state index contributed by atoms with van der Waals surface area (Å²) in [6.07, 6.45) is 3.49. The molecule has 1 saturated heterocycles. The van der Waals surface area contributed by atoms with Crippen molar-refractivity contribution in [3.8, 4) is 0 Å². The van der Waals surface area contributed by atoms with Crippen LogP contribution in [0.2, 0.25) is 0 Å². The Balaban J connectivity index is 2.00. The van der Waals surface area contributed by atoms with Crippen LogP contribution >= 0.6 is 11.3 Å². The Kier molecular flexibility index (Phi) is 3.95. The van der Waals surface area contributed by atoms with Crippen LogP contribution in [-0.4, -0.2) is 36.1 Å². The zero-order valence-electron chi connectivity index (χ0n) is 10.1. The van der Waals surface area contributed by atoms with E-state index < -0.39 is 0 Å². The lowest BCUT2D eigenvalue weighted by molar-refractivity contribution is 0.249. The highest BCUT2D eigenvalue weighted by Crippen LogP contribution is 2.27. The van der Waals surface area contributed by atoms with E-state index in [4.69, 9.17) is 10.7 Å². The summed E-state index contributed by atoms with van der Waals surface area (Å²) in [5.41, 5.74) is 7.08. The molecule has 90 valence electrons. The van der Waals surface area contributed by atoms with Crippen LogP contribution in [0, 0.1) is 0 Å². The minimum absolute atomic E-state index is 0.216. The Morgan fingerprint density at radius 3 is 3.19 bits per heavy atom.